The quantitative estimate of drug-likeness (QED) is 0.759. The Bertz CT molecular complexity index is 704. The van der Waals surface area contributed by atoms with Gasteiger partial charge in [-0.15, -0.1) is 0 Å². The zero-order valence-electron chi connectivity index (χ0n) is 13.0. The van der Waals surface area contributed by atoms with E-state index in [2.05, 4.69) is 15.0 Å². The summed E-state index contributed by atoms with van der Waals surface area (Å²) in [5.74, 6) is 1.09. The smallest absolute Gasteiger partial charge is 0.223 e. The second-order valence-electron chi connectivity index (χ2n) is 6.01. The predicted molar refractivity (Wildman–Crippen MR) is 81.9 cm³/mol. The number of sulfone groups is 1. The zero-order chi connectivity index (χ0) is 16.4. The molecule has 126 valence electrons. The van der Waals surface area contributed by atoms with Crippen LogP contribution in [0.4, 0.5) is 0 Å². The third kappa shape index (κ3) is 4.17. The largest absolute Gasteiger partial charge is 0.340 e. The Hall–Kier alpha value is -1.74. The lowest BCUT2D eigenvalue weighted by Gasteiger charge is -2.34. The lowest BCUT2D eigenvalue weighted by molar-refractivity contribution is -0.133. The summed E-state index contributed by atoms with van der Waals surface area (Å²) in [5, 5.41) is 5.09. The van der Waals surface area contributed by atoms with Crippen LogP contribution in [0.1, 0.15) is 18.1 Å². The molecule has 0 spiro atoms. The van der Waals surface area contributed by atoms with Gasteiger partial charge in [-0.05, 0) is 0 Å². The Morgan fingerprint density at radius 3 is 2.65 bits per heavy atom. The van der Waals surface area contributed by atoms with Gasteiger partial charge in [0.2, 0.25) is 11.8 Å². The van der Waals surface area contributed by atoms with E-state index in [1.807, 2.05) is 0 Å². The van der Waals surface area contributed by atoms with Crippen molar-refractivity contribution >= 4 is 15.7 Å². The number of hydrogen-bond acceptors (Lipinski definition) is 7. The second kappa shape index (κ2) is 6.40. The highest BCUT2D eigenvalue weighted by molar-refractivity contribution is 7.94. The van der Waals surface area contributed by atoms with Gasteiger partial charge in [0, 0.05) is 50.8 Å². The van der Waals surface area contributed by atoms with Gasteiger partial charge in [0.1, 0.15) is 0 Å². The van der Waals surface area contributed by atoms with Crippen molar-refractivity contribution in [1.29, 1.82) is 0 Å². The molecule has 1 amide bonds. The molecule has 23 heavy (non-hydrogen) atoms. The summed E-state index contributed by atoms with van der Waals surface area (Å²) in [4.78, 5) is 20.4. The predicted octanol–water partition coefficient (Wildman–Crippen LogP) is -0.0294. The van der Waals surface area contributed by atoms with E-state index >= 15 is 0 Å². The minimum atomic E-state index is -3.10. The van der Waals surface area contributed by atoms with Crippen LogP contribution in [0, 0.1) is 12.8 Å². The number of amides is 1. The maximum atomic E-state index is 12.3. The van der Waals surface area contributed by atoms with Crippen LogP contribution in [0.3, 0.4) is 0 Å². The van der Waals surface area contributed by atoms with E-state index in [1.165, 1.54) is 5.41 Å². The molecular formula is C14H20N4O4S. The van der Waals surface area contributed by atoms with Crippen molar-refractivity contribution in [2.24, 2.45) is 5.92 Å². The second-order valence-corrected chi connectivity index (χ2v) is 7.94. The SMILES string of the molecule is Cc1nc(CN2CCN(C(=O)C[C@H]3C=CS(=O)(=O)C3)CC2)no1. The first kappa shape index (κ1) is 16.1. The van der Waals surface area contributed by atoms with Crippen LogP contribution in [-0.4, -0.2) is 66.2 Å². The van der Waals surface area contributed by atoms with Gasteiger partial charge in [0.25, 0.3) is 0 Å². The van der Waals surface area contributed by atoms with Gasteiger partial charge in [-0.1, -0.05) is 11.2 Å². The average molecular weight is 340 g/mol. The highest BCUT2D eigenvalue weighted by atomic mass is 32.2. The van der Waals surface area contributed by atoms with Crippen LogP contribution >= 0.6 is 0 Å². The lowest BCUT2D eigenvalue weighted by atomic mass is 10.1. The molecule has 0 N–H and O–H groups in total. The molecule has 9 heteroatoms. The lowest BCUT2D eigenvalue weighted by Crippen LogP contribution is -2.48. The van der Waals surface area contributed by atoms with Crippen LogP contribution in [0.5, 0.6) is 0 Å². The Morgan fingerprint density at radius 2 is 2.09 bits per heavy atom. The minimum Gasteiger partial charge on any atom is -0.340 e. The van der Waals surface area contributed by atoms with Crippen LogP contribution in [-0.2, 0) is 21.2 Å². The molecule has 1 atom stereocenters. The number of rotatable bonds is 4. The number of aromatic nitrogens is 2. The molecule has 1 fully saturated rings. The Labute approximate surface area is 135 Å². The molecule has 0 aromatic carbocycles. The van der Waals surface area contributed by atoms with Gasteiger partial charge in [0.05, 0.1) is 12.3 Å². The third-order valence-electron chi connectivity index (χ3n) is 4.10. The average Bonchev–Trinajstić information content (AvgIpc) is 3.05. The summed E-state index contributed by atoms with van der Waals surface area (Å²) < 4.78 is 27.7. The standard InChI is InChI=1S/C14H20N4O4S/c1-11-15-13(16-22-11)9-17-3-5-18(6-4-17)14(19)8-12-2-7-23(20,21)10-12/h2,7,12H,3-6,8-10H2,1H3/t12-/m1/s1. The molecule has 1 aromatic rings. The fraction of sp³-hybridized carbons (Fsp3) is 0.643. The fourth-order valence-electron chi connectivity index (χ4n) is 2.88. The Balaban J connectivity index is 1.45. The molecule has 8 nitrogen and oxygen atoms in total. The van der Waals surface area contributed by atoms with Crippen LogP contribution < -0.4 is 0 Å². The van der Waals surface area contributed by atoms with E-state index in [-0.39, 0.29) is 24.0 Å². The van der Waals surface area contributed by atoms with Crippen molar-refractivity contribution < 1.29 is 17.7 Å². The monoisotopic (exact) mass is 340 g/mol. The molecule has 0 bridgehead atoms. The molecule has 0 radical (unpaired) electrons. The molecule has 2 aliphatic rings. The molecule has 2 aliphatic heterocycles. The van der Waals surface area contributed by atoms with Crippen molar-refractivity contribution in [3.05, 3.63) is 23.2 Å². The molecule has 0 saturated carbocycles. The number of carbonyl (C=O) groups is 1. The highest BCUT2D eigenvalue weighted by Gasteiger charge is 2.27. The summed E-state index contributed by atoms with van der Waals surface area (Å²) in [5.41, 5.74) is 0. The van der Waals surface area contributed by atoms with Crippen molar-refractivity contribution in [2.75, 3.05) is 31.9 Å². The summed E-state index contributed by atoms with van der Waals surface area (Å²) in [6.45, 7) is 5.14. The number of aryl methyl sites for hydroxylation is 1. The summed E-state index contributed by atoms with van der Waals surface area (Å²) in [7, 11) is -3.10. The molecule has 0 aliphatic carbocycles. The van der Waals surface area contributed by atoms with E-state index in [4.69, 9.17) is 4.52 Å². The van der Waals surface area contributed by atoms with Crippen LogP contribution in [0.2, 0.25) is 0 Å². The Morgan fingerprint density at radius 1 is 1.35 bits per heavy atom. The Kier molecular flexibility index (Phi) is 4.49. The fourth-order valence-corrected chi connectivity index (χ4v) is 4.28. The molecule has 0 unspecified atom stereocenters. The summed E-state index contributed by atoms with van der Waals surface area (Å²) >= 11 is 0. The first-order valence-corrected chi connectivity index (χ1v) is 9.33. The van der Waals surface area contributed by atoms with Gasteiger partial charge >= 0.3 is 0 Å². The van der Waals surface area contributed by atoms with Crippen LogP contribution in [0.25, 0.3) is 0 Å². The normalized spacial score (nSPS) is 24.2. The summed E-state index contributed by atoms with van der Waals surface area (Å²) in [6.07, 6.45) is 1.89. The number of nitrogens with zero attached hydrogens (tertiary/aromatic N) is 4. The number of piperazine rings is 1. The molecule has 3 rings (SSSR count). The number of carbonyl (C=O) groups excluding carboxylic acids is 1. The topological polar surface area (TPSA) is 96.6 Å². The molecule has 1 aromatic heterocycles. The first-order valence-electron chi connectivity index (χ1n) is 7.61. The van der Waals surface area contributed by atoms with Gasteiger partial charge in [-0.3, -0.25) is 9.69 Å². The van der Waals surface area contributed by atoms with Crippen molar-refractivity contribution in [3.63, 3.8) is 0 Å². The third-order valence-corrected chi connectivity index (χ3v) is 5.57. The van der Waals surface area contributed by atoms with E-state index in [1.54, 1.807) is 17.9 Å². The van der Waals surface area contributed by atoms with Gasteiger partial charge in [-0.25, -0.2) is 8.42 Å². The van der Waals surface area contributed by atoms with E-state index in [9.17, 15) is 13.2 Å². The maximum absolute atomic E-state index is 12.3. The van der Waals surface area contributed by atoms with Gasteiger partial charge < -0.3 is 9.42 Å². The van der Waals surface area contributed by atoms with Gasteiger partial charge in [0.15, 0.2) is 15.7 Å². The van der Waals surface area contributed by atoms with Crippen molar-refractivity contribution in [1.82, 2.24) is 19.9 Å². The van der Waals surface area contributed by atoms with E-state index in [0.29, 0.717) is 31.3 Å². The van der Waals surface area contributed by atoms with Crippen LogP contribution in [0.15, 0.2) is 16.0 Å². The maximum Gasteiger partial charge on any atom is 0.223 e. The summed E-state index contributed by atoms with van der Waals surface area (Å²) in [6, 6.07) is 0. The minimum absolute atomic E-state index is 0.0202. The number of allylic oxidation sites excluding steroid dienone is 1. The number of hydrogen-bond donors (Lipinski definition) is 0. The van der Waals surface area contributed by atoms with E-state index < -0.39 is 9.84 Å². The van der Waals surface area contributed by atoms with Crippen molar-refractivity contribution in [3.8, 4) is 0 Å². The molecular weight excluding hydrogens is 320 g/mol. The van der Waals surface area contributed by atoms with E-state index in [0.717, 1.165) is 13.1 Å². The first-order chi connectivity index (χ1) is 10.9. The van der Waals surface area contributed by atoms with Gasteiger partial charge in [-0.2, -0.15) is 4.98 Å². The zero-order valence-corrected chi connectivity index (χ0v) is 13.8. The molecule has 1 saturated heterocycles. The molecule has 3 heterocycles. The van der Waals surface area contributed by atoms with Crippen molar-refractivity contribution in [2.45, 2.75) is 19.9 Å². The highest BCUT2D eigenvalue weighted by Crippen LogP contribution is 2.19.